The molecule has 3 rings (SSSR count). The third kappa shape index (κ3) is 7.93. The van der Waals surface area contributed by atoms with Crippen molar-refractivity contribution < 1.29 is 18.0 Å². The Labute approximate surface area is 232 Å². The molecule has 208 valence electrons. The lowest BCUT2D eigenvalue weighted by Gasteiger charge is -2.32. The van der Waals surface area contributed by atoms with E-state index >= 15 is 0 Å². The van der Waals surface area contributed by atoms with Crippen LogP contribution in [-0.4, -0.2) is 50.3 Å². The van der Waals surface area contributed by atoms with Crippen LogP contribution in [0.25, 0.3) is 0 Å². The van der Waals surface area contributed by atoms with E-state index in [1.165, 1.54) is 4.90 Å². The molecule has 0 radical (unpaired) electrons. The van der Waals surface area contributed by atoms with Crippen molar-refractivity contribution in [3.05, 3.63) is 95.6 Å². The molecule has 0 aliphatic heterocycles. The molecule has 8 heteroatoms. The molecule has 0 saturated heterocycles. The standard InChI is InChI=1S/C31H39N3O4S/c1-6-25(4)32-31(36)26(5)33(20-19-27-12-8-7-9-13-27)30(35)22-34(28-14-10-11-24(3)21-28)39(37,38)29-17-15-23(2)16-18-29/h7-18,21,25-26H,6,19-20,22H2,1-5H3,(H,32,36). The van der Waals surface area contributed by atoms with Crippen LogP contribution < -0.4 is 9.62 Å². The van der Waals surface area contributed by atoms with Crippen LogP contribution in [0, 0.1) is 13.8 Å². The Bertz CT molecular complexity index is 1360. The maximum Gasteiger partial charge on any atom is 0.264 e. The third-order valence-corrected chi connectivity index (χ3v) is 8.62. The minimum Gasteiger partial charge on any atom is -0.352 e. The van der Waals surface area contributed by atoms with Gasteiger partial charge in [-0.1, -0.05) is 67.1 Å². The van der Waals surface area contributed by atoms with Crippen LogP contribution in [0.4, 0.5) is 5.69 Å². The van der Waals surface area contributed by atoms with Crippen molar-refractivity contribution in [3.63, 3.8) is 0 Å². The maximum atomic E-state index is 13.9. The first-order chi connectivity index (χ1) is 18.5. The van der Waals surface area contributed by atoms with Gasteiger partial charge in [-0.2, -0.15) is 0 Å². The zero-order valence-corrected chi connectivity index (χ0v) is 24.2. The summed E-state index contributed by atoms with van der Waals surface area (Å²) in [6.07, 6.45) is 1.29. The molecule has 3 aromatic rings. The largest absolute Gasteiger partial charge is 0.352 e. The molecule has 1 N–H and O–H groups in total. The van der Waals surface area contributed by atoms with Crippen molar-refractivity contribution in [2.24, 2.45) is 0 Å². The van der Waals surface area contributed by atoms with E-state index in [1.54, 1.807) is 49.4 Å². The third-order valence-electron chi connectivity index (χ3n) is 6.83. The molecule has 2 amide bonds. The van der Waals surface area contributed by atoms with Crippen molar-refractivity contribution in [1.82, 2.24) is 10.2 Å². The first-order valence-electron chi connectivity index (χ1n) is 13.3. The molecule has 39 heavy (non-hydrogen) atoms. The van der Waals surface area contributed by atoms with Crippen LogP contribution in [0.1, 0.15) is 43.9 Å². The molecule has 2 atom stereocenters. The summed E-state index contributed by atoms with van der Waals surface area (Å²) in [4.78, 5) is 28.6. The Morgan fingerprint density at radius 1 is 0.872 bits per heavy atom. The van der Waals surface area contributed by atoms with Gasteiger partial charge in [0, 0.05) is 12.6 Å². The number of hydrogen-bond donors (Lipinski definition) is 1. The van der Waals surface area contributed by atoms with Gasteiger partial charge in [0.2, 0.25) is 11.8 Å². The number of aryl methyl sites for hydroxylation is 2. The second kappa shape index (κ2) is 13.4. The minimum absolute atomic E-state index is 0.0447. The van der Waals surface area contributed by atoms with Crippen molar-refractivity contribution >= 4 is 27.5 Å². The smallest absolute Gasteiger partial charge is 0.264 e. The van der Waals surface area contributed by atoms with Gasteiger partial charge in [0.05, 0.1) is 10.6 Å². The van der Waals surface area contributed by atoms with E-state index in [0.717, 1.165) is 27.4 Å². The van der Waals surface area contributed by atoms with Crippen LogP contribution in [0.15, 0.2) is 83.8 Å². The molecule has 0 saturated carbocycles. The van der Waals surface area contributed by atoms with Gasteiger partial charge in [0.25, 0.3) is 10.0 Å². The number of sulfonamides is 1. The molecule has 0 aliphatic rings. The Kier molecular flexibility index (Phi) is 10.3. The molecule has 0 heterocycles. The Hall–Kier alpha value is -3.65. The molecular weight excluding hydrogens is 510 g/mol. The normalized spacial score (nSPS) is 12.8. The van der Waals surface area contributed by atoms with Crippen molar-refractivity contribution in [2.75, 3.05) is 17.4 Å². The highest BCUT2D eigenvalue weighted by Gasteiger charge is 2.32. The Morgan fingerprint density at radius 3 is 2.15 bits per heavy atom. The van der Waals surface area contributed by atoms with Gasteiger partial charge in [0.1, 0.15) is 12.6 Å². The highest BCUT2D eigenvalue weighted by Crippen LogP contribution is 2.25. The van der Waals surface area contributed by atoms with E-state index in [1.807, 2.05) is 64.1 Å². The fourth-order valence-electron chi connectivity index (χ4n) is 4.18. The summed E-state index contributed by atoms with van der Waals surface area (Å²) >= 11 is 0. The SMILES string of the molecule is CCC(C)NC(=O)C(C)N(CCc1ccccc1)C(=O)CN(c1cccc(C)c1)S(=O)(=O)c1ccc(C)cc1. The number of amides is 2. The van der Waals surface area contributed by atoms with Crippen LogP contribution in [0.5, 0.6) is 0 Å². The van der Waals surface area contributed by atoms with Gasteiger partial charge in [-0.15, -0.1) is 0 Å². The van der Waals surface area contributed by atoms with Gasteiger partial charge < -0.3 is 10.2 Å². The first kappa shape index (κ1) is 29.9. The zero-order chi connectivity index (χ0) is 28.6. The molecule has 3 aromatic carbocycles. The summed E-state index contributed by atoms with van der Waals surface area (Å²) in [5.74, 6) is -0.718. The van der Waals surface area contributed by atoms with Crippen LogP contribution in [-0.2, 0) is 26.0 Å². The molecule has 0 aromatic heterocycles. The van der Waals surface area contributed by atoms with E-state index in [9.17, 15) is 18.0 Å². The Balaban J connectivity index is 1.97. The van der Waals surface area contributed by atoms with E-state index in [0.29, 0.717) is 12.1 Å². The lowest BCUT2D eigenvalue weighted by Crippen LogP contribution is -2.53. The molecule has 0 spiro atoms. The number of nitrogens with zero attached hydrogens (tertiary/aromatic N) is 2. The van der Waals surface area contributed by atoms with Gasteiger partial charge in [-0.05, 0) is 75.9 Å². The van der Waals surface area contributed by atoms with Crippen molar-refractivity contribution in [1.29, 1.82) is 0 Å². The monoisotopic (exact) mass is 549 g/mol. The van der Waals surface area contributed by atoms with Gasteiger partial charge in [-0.25, -0.2) is 8.42 Å². The van der Waals surface area contributed by atoms with Crippen molar-refractivity contribution in [2.45, 2.75) is 64.4 Å². The molecule has 2 unspecified atom stereocenters. The van der Waals surface area contributed by atoms with E-state index < -0.39 is 28.5 Å². The molecule has 0 aliphatic carbocycles. The second-order valence-corrected chi connectivity index (χ2v) is 11.8. The second-order valence-electron chi connectivity index (χ2n) is 9.98. The van der Waals surface area contributed by atoms with E-state index in [4.69, 9.17) is 0 Å². The predicted molar refractivity (Wildman–Crippen MR) is 156 cm³/mol. The summed E-state index contributed by atoms with van der Waals surface area (Å²) < 4.78 is 28.9. The van der Waals surface area contributed by atoms with E-state index in [2.05, 4.69) is 5.32 Å². The number of anilines is 1. The maximum absolute atomic E-state index is 13.9. The number of benzene rings is 3. The highest BCUT2D eigenvalue weighted by atomic mass is 32.2. The van der Waals surface area contributed by atoms with Crippen molar-refractivity contribution in [3.8, 4) is 0 Å². The molecule has 0 bridgehead atoms. The number of nitrogens with one attached hydrogen (secondary N) is 1. The fraction of sp³-hybridized carbons (Fsp3) is 0.355. The molecular formula is C31H39N3O4S. The average Bonchev–Trinajstić information content (AvgIpc) is 2.92. The first-order valence-corrected chi connectivity index (χ1v) is 14.8. The topological polar surface area (TPSA) is 86.8 Å². The van der Waals surface area contributed by atoms with Gasteiger partial charge in [0.15, 0.2) is 0 Å². The number of carbonyl (C=O) groups excluding carboxylic acids is 2. The summed E-state index contributed by atoms with van der Waals surface area (Å²) in [5, 5.41) is 2.95. The Morgan fingerprint density at radius 2 is 1.54 bits per heavy atom. The average molecular weight is 550 g/mol. The molecule has 7 nitrogen and oxygen atoms in total. The number of rotatable bonds is 12. The van der Waals surface area contributed by atoms with Crippen LogP contribution in [0.2, 0.25) is 0 Å². The summed E-state index contributed by atoms with van der Waals surface area (Å²) in [6.45, 7) is 9.16. The minimum atomic E-state index is -4.07. The quantitative estimate of drug-likeness (QED) is 0.349. The summed E-state index contributed by atoms with van der Waals surface area (Å²) in [6, 6.07) is 22.5. The fourth-order valence-corrected chi connectivity index (χ4v) is 5.59. The number of carbonyl (C=O) groups is 2. The van der Waals surface area contributed by atoms with Crippen LogP contribution >= 0.6 is 0 Å². The van der Waals surface area contributed by atoms with E-state index in [-0.39, 0.29) is 23.4 Å². The lowest BCUT2D eigenvalue weighted by atomic mass is 10.1. The van der Waals surface area contributed by atoms with Gasteiger partial charge >= 0.3 is 0 Å². The number of hydrogen-bond acceptors (Lipinski definition) is 4. The summed E-state index contributed by atoms with van der Waals surface area (Å²) in [7, 11) is -4.07. The molecule has 0 fully saturated rings. The summed E-state index contributed by atoms with van der Waals surface area (Å²) in [5.41, 5.74) is 3.21. The highest BCUT2D eigenvalue weighted by molar-refractivity contribution is 7.92. The zero-order valence-electron chi connectivity index (χ0n) is 23.4. The van der Waals surface area contributed by atoms with Gasteiger partial charge in [-0.3, -0.25) is 13.9 Å². The predicted octanol–water partition coefficient (Wildman–Crippen LogP) is 4.87. The lowest BCUT2D eigenvalue weighted by molar-refractivity contribution is -0.139. The van der Waals surface area contributed by atoms with Crippen LogP contribution in [0.3, 0.4) is 0 Å².